The smallest absolute Gasteiger partial charge is 0.230 e. The van der Waals surface area contributed by atoms with Crippen molar-refractivity contribution in [2.75, 3.05) is 39.4 Å². The molecule has 1 aromatic rings. The summed E-state index contributed by atoms with van der Waals surface area (Å²) in [6, 6.07) is 9.32. The summed E-state index contributed by atoms with van der Waals surface area (Å²) in [4.78, 5) is 17.2. The zero-order valence-corrected chi connectivity index (χ0v) is 18.5. The molecule has 0 aromatic heterocycles. The number of likely N-dealkylation sites (tertiary alicyclic amines) is 2. The third-order valence-electron chi connectivity index (χ3n) is 7.80. The number of hydrogen-bond acceptors (Lipinski definition) is 4. The first-order chi connectivity index (χ1) is 14.5. The molecule has 1 spiro atoms. The number of rotatable bonds is 5. The zero-order chi connectivity index (χ0) is 20.7. The van der Waals surface area contributed by atoms with Crippen molar-refractivity contribution in [3.05, 3.63) is 29.8 Å². The number of para-hydroxylation sites is 1. The lowest BCUT2D eigenvalue weighted by Crippen LogP contribution is -2.61. The van der Waals surface area contributed by atoms with Crippen LogP contribution < -0.4 is 4.74 Å². The van der Waals surface area contributed by atoms with Crippen LogP contribution >= 0.6 is 0 Å². The number of benzene rings is 1. The first-order valence-electron chi connectivity index (χ1n) is 11.9. The van der Waals surface area contributed by atoms with Crippen molar-refractivity contribution >= 4 is 5.91 Å². The van der Waals surface area contributed by atoms with Gasteiger partial charge in [-0.3, -0.25) is 4.79 Å². The van der Waals surface area contributed by atoms with E-state index in [1.807, 2.05) is 0 Å². The number of carbonyl (C=O) groups excluding carboxylic acids is 1. The third-order valence-corrected chi connectivity index (χ3v) is 7.80. The summed E-state index contributed by atoms with van der Waals surface area (Å²) < 4.78 is 11.3. The van der Waals surface area contributed by atoms with Crippen LogP contribution in [0.25, 0.3) is 0 Å². The van der Waals surface area contributed by atoms with Gasteiger partial charge in [-0.25, -0.2) is 0 Å². The van der Waals surface area contributed by atoms with Crippen LogP contribution in [0, 0.1) is 11.3 Å². The van der Waals surface area contributed by atoms with E-state index in [0.717, 1.165) is 18.8 Å². The fourth-order valence-electron chi connectivity index (χ4n) is 6.09. The molecule has 5 heteroatoms. The highest BCUT2D eigenvalue weighted by Gasteiger charge is 2.52. The van der Waals surface area contributed by atoms with Crippen molar-refractivity contribution < 1.29 is 14.3 Å². The molecule has 30 heavy (non-hydrogen) atoms. The maximum atomic E-state index is 12.4. The zero-order valence-electron chi connectivity index (χ0n) is 18.5. The second-order valence-electron chi connectivity index (χ2n) is 10.3. The Bertz CT molecular complexity index is 761. The second kappa shape index (κ2) is 8.16. The first-order valence-corrected chi connectivity index (χ1v) is 11.9. The lowest BCUT2D eigenvalue weighted by Gasteiger charge is -2.50. The quantitative estimate of drug-likeness (QED) is 0.740. The molecule has 0 bridgehead atoms. The summed E-state index contributed by atoms with van der Waals surface area (Å²) >= 11 is 0. The van der Waals surface area contributed by atoms with Crippen LogP contribution in [0.15, 0.2) is 24.3 Å². The number of nitrogens with zero attached hydrogens (tertiary/aromatic N) is 2. The SMILES string of the molecule is CC(C)Oc1ccccc1C1CCN([C@@H]2CCC3(C2)CN(C(=O)C2COC2)C3)CC1. The lowest BCUT2D eigenvalue weighted by atomic mass is 9.77. The van der Waals surface area contributed by atoms with Crippen LogP contribution in [-0.4, -0.2) is 67.2 Å². The van der Waals surface area contributed by atoms with Gasteiger partial charge in [0.25, 0.3) is 0 Å². The van der Waals surface area contributed by atoms with Crippen molar-refractivity contribution in [1.82, 2.24) is 9.80 Å². The predicted octanol–water partition coefficient (Wildman–Crippen LogP) is 3.68. The number of hydrogen-bond donors (Lipinski definition) is 0. The molecule has 164 valence electrons. The van der Waals surface area contributed by atoms with Crippen LogP contribution in [0.4, 0.5) is 0 Å². The molecule has 1 aliphatic carbocycles. The number of ether oxygens (including phenoxy) is 2. The molecule has 3 aliphatic heterocycles. The van der Waals surface area contributed by atoms with Gasteiger partial charge in [0.1, 0.15) is 5.75 Å². The van der Waals surface area contributed by atoms with Gasteiger partial charge < -0.3 is 19.3 Å². The van der Waals surface area contributed by atoms with E-state index in [2.05, 4.69) is 47.9 Å². The van der Waals surface area contributed by atoms with E-state index >= 15 is 0 Å². The Morgan fingerprint density at radius 2 is 1.87 bits per heavy atom. The third kappa shape index (κ3) is 3.87. The van der Waals surface area contributed by atoms with Crippen molar-refractivity contribution in [2.45, 2.75) is 64.0 Å². The molecule has 3 heterocycles. The van der Waals surface area contributed by atoms with Gasteiger partial charge in [-0.1, -0.05) is 18.2 Å². The Labute approximate surface area is 180 Å². The van der Waals surface area contributed by atoms with E-state index in [1.54, 1.807) is 0 Å². The van der Waals surface area contributed by atoms with Gasteiger partial charge in [-0.15, -0.1) is 0 Å². The van der Waals surface area contributed by atoms with Crippen molar-refractivity contribution in [3.63, 3.8) is 0 Å². The van der Waals surface area contributed by atoms with Gasteiger partial charge >= 0.3 is 0 Å². The summed E-state index contributed by atoms with van der Waals surface area (Å²) in [6.45, 7) is 9.79. The van der Waals surface area contributed by atoms with E-state index < -0.39 is 0 Å². The minimum Gasteiger partial charge on any atom is -0.491 e. The molecule has 3 saturated heterocycles. The van der Waals surface area contributed by atoms with Gasteiger partial charge in [0, 0.05) is 24.5 Å². The van der Waals surface area contributed by atoms with E-state index in [4.69, 9.17) is 9.47 Å². The molecule has 4 aliphatic rings. The molecule has 0 radical (unpaired) electrons. The molecular weight excluding hydrogens is 376 g/mol. The summed E-state index contributed by atoms with van der Waals surface area (Å²) in [5.41, 5.74) is 1.79. The second-order valence-corrected chi connectivity index (χ2v) is 10.3. The molecule has 0 N–H and O–H groups in total. The molecular formula is C25H36N2O3. The molecule has 1 aromatic carbocycles. The van der Waals surface area contributed by atoms with Crippen LogP contribution in [0.3, 0.4) is 0 Å². The summed E-state index contributed by atoms with van der Waals surface area (Å²) in [5, 5.41) is 0. The van der Waals surface area contributed by atoms with Crippen LogP contribution in [-0.2, 0) is 9.53 Å². The predicted molar refractivity (Wildman–Crippen MR) is 117 cm³/mol. The summed E-state index contributed by atoms with van der Waals surface area (Å²) in [6.07, 6.45) is 6.50. The molecule has 5 nitrogen and oxygen atoms in total. The van der Waals surface area contributed by atoms with Gasteiger partial charge in [0.2, 0.25) is 5.91 Å². The van der Waals surface area contributed by atoms with E-state index in [-0.39, 0.29) is 12.0 Å². The molecule has 1 atom stereocenters. The molecule has 4 fully saturated rings. The van der Waals surface area contributed by atoms with Crippen molar-refractivity contribution in [3.8, 4) is 5.75 Å². The minimum atomic E-state index is 0.140. The average molecular weight is 413 g/mol. The number of piperidine rings is 1. The van der Waals surface area contributed by atoms with Crippen LogP contribution in [0.1, 0.15) is 57.4 Å². The average Bonchev–Trinajstić information content (AvgIpc) is 3.11. The van der Waals surface area contributed by atoms with Crippen LogP contribution in [0.5, 0.6) is 5.75 Å². The normalized spacial score (nSPS) is 27.3. The van der Waals surface area contributed by atoms with E-state index in [1.165, 1.54) is 50.8 Å². The first kappa shape index (κ1) is 20.3. The molecule has 5 rings (SSSR count). The van der Waals surface area contributed by atoms with E-state index in [9.17, 15) is 4.79 Å². The summed E-state index contributed by atoms with van der Waals surface area (Å²) in [7, 11) is 0. The minimum absolute atomic E-state index is 0.140. The van der Waals surface area contributed by atoms with E-state index in [0.29, 0.717) is 36.5 Å². The van der Waals surface area contributed by atoms with Gasteiger partial charge in [0.05, 0.1) is 25.2 Å². The maximum Gasteiger partial charge on any atom is 0.230 e. The maximum absolute atomic E-state index is 12.4. The molecule has 1 saturated carbocycles. The highest BCUT2D eigenvalue weighted by atomic mass is 16.5. The van der Waals surface area contributed by atoms with Gasteiger partial charge in [-0.05, 0) is 76.6 Å². The Hall–Kier alpha value is -1.59. The topological polar surface area (TPSA) is 42.0 Å². The van der Waals surface area contributed by atoms with Crippen molar-refractivity contribution in [2.24, 2.45) is 11.3 Å². The molecule has 1 amide bonds. The Morgan fingerprint density at radius 3 is 2.53 bits per heavy atom. The highest BCUT2D eigenvalue weighted by molar-refractivity contribution is 5.80. The molecule has 0 unspecified atom stereocenters. The Morgan fingerprint density at radius 1 is 1.13 bits per heavy atom. The van der Waals surface area contributed by atoms with Crippen LogP contribution in [0.2, 0.25) is 0 Å². The number of amides is 1. The van der Waals surface area contributed by atoms with Gasteiger partial charge in [0.15, 0.2) is 0 Å². The monoisotopic (exact) mass is 412 g/mol. The number of carbonyl (C=O) groups is 1. The fourth-order valence-corrected chi connectivity index (χ4v) is 6.09. The highest BCUT2D eigenvalue weighted by Crippen LogP contribution is 2.48. The Balaban J connectivity index is 1.13. The Kier molecular flexibility index (Phi) is 5.53. The standard InChI is InChI=1S/C25H36N2O3/c1-18(2)30-23-6-4-3-5-22(23)19-8-11-26(12-9-19)21-7-10-25(13-21)16-27(17-25)24(28)20-14-29-15-20/h3-6,18-21H,7-17H2,1-2H3/t21-/m1/s1. The lowest BCUT2D eigenvalue weighted by molar-refractivity contribution is -0.161. The largest absolute Gasteiger partial charge is 0.491 e. The fraction of sp³-hybridized carbons (Fsp3) is 0.720. The van der Waals surface area contributed by atoms with Crippen molar-refractivity contribution in [1.29, 1.82) is 0 Å². The van der Waals surface area contributed by atoms with Gasteiger partial charge in [-0.2, -0.15) is 0 Å². The summed E-state index contributed by atoms with van der Waals surface area (Å²) in [5.74, 6) is 2.15.